The molecule has 0 atom stereocenters. The third-order valence-corrected chi connectivity index (χ3v) is 5.40. The van der Waals surface area contributed by atoms with Crippen molar-refractivity contribution in [1.29, 1.82) is 5.26 Å². The molecule has 3 rings (SSSR count). The summed E-state index contributed by atoms with van der Waals surface area (Å²) in [6.45, 7) is 1.87. The Labute approximate surface area is 202 Å². The normalized spacial score (nSPS) is 13.9. The number of hydrogen-bond donors (Lipinski definition) is 4. The van der Waals surface area contributed by atoms with Crippen molar-refractivity contribution in [1.82, 2.24) is 15.8 Å². The van der Waals surface area contributed by atoms with Gasteiger partial charge >= 0.3 is 7.82 Å². The second kappa shape index (κ2) is 12.1. The van der Waals surface area contributed by atoms with Crippen LogP contribution in [0.4, 0.5) is 0 Å². The summed E-state index contributed by atoms with van der Waals surface area (Å²) in [5.74, 6) is -0.291. The second-order valence-electron chi connectivity index (χ2n) is 7.58. The number of nitriles is 1. The molecule has 1 fully saturated rings. The molecular weight excluding hydrogens is 475 g/mol. The second-order valence-corrected chi connectivity index (χ2v) is 8.77. The molecule has 11 nitrogen and oxygen atoms in total. The molecule has 184 valence electrons. The molecule has 2 aromatic carbocycles. The van der Waals surface area contributed by atoms with Crippen molar-refractivity contribution in [2.45, 2.75) is 12.8 Å². The predicted molar refractivity (Wildman–Crippen MR) is 126 cm³/mol. The molecule has 2 aromatic rings. The number of carbonyl (C=O) groups excluding carboxylic acids is 2. The molecule has 1 saturated heterocycles. The van der Waals surface area contributed by atoms with Gasteiger partial charge in [0, 0.05) is 29.8 Å². The molecule has 12 heteroatoms. The molecule has 4 N–H and O–H groups in total. The zero-order chi connectivity index (χ0) is 25.3. The first-order valence-corrected chi connectivity index (χ1v) is 12.3. The first kappa shape index (κ1) is 25.9. The Kier molecular flexibility index (Phi) is 9.00. The van der Waals surface area contributed by atoms with E-state index in [0.717, 1.165) is 32.2 Å². The number of hydrazine groups is 1. The van der Waals surface area contributed by atoms with Crippen LogP contribution in [0.15, 0.2) is 48.7 Å². The fourth-order valence-electron chi connectivity index (χ4n) is 3.29. The molecular formula is C23H25N4O7P. The Morgan fingerprint density at radius 1 is 1.09 bits per heavy atom. The van der Waals surface area contributed by atoms with Crippen molar-refractivity contribution >= 4 is 25.7 Å². The maximum atomic E-state index is 12.4. The first-order valence-electron chi connectivity index (χ1n) is 10.8. The van der Waals surface area contributed by atoms with E-state index in [9.17, 15) is 14.2 Å². The minimum atomic E-state index is -4.67. The summed E-state index contributed by atoms with van der Waals surface area (Å²) in [6.07, 6.45) is 4.23. The van der Waals surface area contributed by atoms with Crippen molar-refractivity contribution in [3.63, 3.8) is 0 Å². The highest BCUT2D eigenvalue weighted by Gasteiger charge is 2.16. The van der Waals surface area contributed by atoms with E-state index in [1.807, 2.05) is 11.1 Å². The summed E-state index contributed by atoms with van der Waals surface area (Å²) >= 11 is 0. The van der Waals surface area contributed by atoms with Gasteiger partial charge in [0.15, 0.2) is 0 Å². The number of hydrogen-bond acceptors (Lipinski definition) is 7. The van der Waals surface area contributed by atoms with Crippen LogP contribution in [0.3, 0.4) is 0 Å². The van der Waals surface area contributed by atoms with E-state index in [4.69, 9.17) is 19.8 Å². The number of ether oxygens (including phenoxy) is 1. The highest BCUT2D eigenvalue weighted by molar-refractivity contribution is 7.46. The zero-order valence-corrected chi connectivity index (χ0v) is 19.6. The Morgan fingerprint density at radius 3 is 2.37 bits per heavy atom. The van der Waals surface area contributed by atoms with Crippen LogP contribution in [-0.2, 0) is 9.09 Å². The minimum Gasteiger partial charge on any atom is -0.491 e. The third kappa shape index (κ3) is 8.24. The monoisotopic (exact) mass is 500 g/mol. The molecule has 0 unspecified atom stereocenters. The number of carbonyl (C=O) groups is 2. The van der Waals surface area contributed by atoms with Gasteiger partial charge in [-0.25, -0.2) is 9.57 Å². The molecule has 1 aliphatic rings. The summed E-state index contributed by atoms with van der Waals surface area (Å²) in [7, 11) is -4.67. The first-order chi connectivity index (χ1) is 16.7. The number of nitrogens with zero attached hydrogens (tertiary/aromatic N) is 2. The lowest BCUT2D eigenvalue weighted by Gasteiger charge is -2.16. The van der Waals surface area contributed by atoms with Crippen LogP contribution in [0.5, 0.6) is 5.75 Å². The average Bonchev–Trinajstić information content (AvgIpc) is 3.34. The maximum absolute atomic E-state index is 12.4. The smallest absolute Gasteiger partial charge is 0.491 e. The van der Waals surface area contributed by atoms with Gasteiger partial charge in [-0.15, -0.1) is 0 Å². The highest BCUT2D eigenvalue weighted by atomic mass is 31.2. The quantitative estimate of drug-likeness (QED) is 0.218. The molecule has 0 radical (unpaired) electrons. The average molecular weight is 500 g/mol. The Hall–Kier alpha value is -3.68. The van der Waals surface area contributed by atoms with Crippen LogP contribution in [0.2, 0.25) is 0 Å². The zero-order valence-electron chi connectivity index (χ0n) is 18.7. The summed E-state index contributed by atoms with van der Waals surface area (Å²) in [4.78, 5) is 42.2. The van der Waals surface area contributed by atoms with Crippen LogP contribution in [0.25, 0.3) is 6.08 Å². The molecule has 35 heavy (non-hydrogen) atoms. The SMILES string of the molecule is N#Cc1ccc(C=COP(=O)(O)O)c(OCCNC(=O)c2ccc(C(=O)NN3CCCC3)cc2)c1. The summed E-state index contributed by atoms with van der Waals surface area (Å²) in [6, 6.07) is 12.8. The summed E-state index contributed by atoms with van der Waals surface area (Å²) < 4.78 is 20.7. The Balaban J connectivity index is 1.51. The van der Waals surface area contributed by atoms with Crippen molar-refractivity contribution in [2.75, 3.05) is 26.2 Å². The van der Waals surface area contributed by atoms with Gasteiger partial charge in [0.05, 0.1) is 24.4 Å². The minimum absolute atomic E-state index is 0.0666. The lowest BCUT2D eigenvalue weighted by molar-refractivity contribution is 0.0824. The number of nitrogens with one attached hydrogen (secondary N) is 2. The third-order valence-electron chi connectivity index (χ3n) is 5.01. The highest BCUT2D eigenvalue weighted by Crippen LogP contribution is 2.36. The molecule has 0 aromatic heterocycles. The summed E-state index contributed by atoms with van der Waals surface area (Å²) in [5.41, 5.74) is 4.43. The Bertz CT molecular complexity index is 1170. The van der Waals surface area contributed by atoms with Crippen LogP contribution >= 0.6 is 7.82 Å². The van der Waals surface area contributed by atoms with Gasteiger partial charge in [0.25, 0.3) is 11.8 Å². The molecule has 1 aliphatic heterocycles. The number of benzene rings is 2. The van der Waals surface area contributed by atoms with Gasteiger partial charge in [-0.2, -0.15) is 5.26 Å². The fraction of sp³-hybridized carbons (Fsp3) is 0.261. The van der Waals surface area contributed by atoms with Gasteiger partial charge in [0.1, 0.15) is 12.4 Å². The Morgan fingerprint density at radius 2 is 1.74 bits per heavy atom. The van der Waals surface area contributed by atoms with E-state index in [0.29, 0.717) is 22.3 Å². The van der Waals surface area contributed by atoms with Gasteiger partial charge < -0.3 is 14.6 Å². The van der Waals surface area contributed by atoms with Crippen molar-refractivity contribution in [2.24, 2.45) is 0 Å². The van der Waals surface area contributed by atoms with Gasteiger partial charge in [-0.1, -0.05) is 0 Å². The van der Waals surface area contributed by atoms with Gasteiger partial charge in [-0.3, -0.25) is 24.8 Å². The van der Waals surface area contributed by atoms with Crippen molar-refractivity contribution < 1.29 is 33.2 Å². The molecule has 0 spiro atoms. The maximum Gasteiger partial charge on any atom is 0.524 e. The van der Waals surface area contributed by atoms with Gasteiger partial charge in [0.2, 0.25) is 0 Å². The molecule has 2 amide bonds. The molecule has 0 aliphatic carbocycles. The van der Waals surface area contributed by atoms with Crippen molar-refractivity contribution in [3.8, 4) is 11.8 Å². The van der Waals surface area contributed by atoms with Gasteiger partial charge in [-0.05, 0) is 61.4 Å². The van der Waals surface area contributed by atoms with E-state index >= 15 is 0 Å². The number of phosphoric acid groups is 1. The van der Waals surface area contributed by atoms with Crippen LogP contribution in [0, 0.1) is 11.3 Å². The number of rotatable bonds is 10. The molecule has 1 heterocycles. The summed E-state index contributed by atoms with van der Waals surface area (Å²) in [5, 5.41) is 13.7. The van der Waals surface area contributed by atoms with Crippen LogP contribution in [0.1, 0.15) is 44.7 Å². The van der Waals surface area contributed by atoms with Crippen molar-refractivity contribution in [3.05, 3.63) is 71.0 Å². The molecule has 0 saturated carbocycles. The van der Waals surface area contributed by atoms with E-state index in [-0.39, 0.29) is 30.7 Å². The number of phosphoric ester groups is 1. The topological polar surface area (TPSA) is 161 Å². The fourth-order valence-corrected chi connectivity index (χ4v) is 3.51. The van der Waals surface area contributed by atoms with E-state index < -0.39 is 7.82 Å². The standard InChI is InChI=1S/C23H25N4O7P/c24-16-17-3-4-18(9-13-34-35(30,31)32)21(15-17)33-14-10-25-22(28)19-5-7-20(8-6-19)23(29)26-27-11-1-2-12-27/h3-9,13,15H,1-2,10-12,14H2,(H,25,28)(H,26,29)(H2,30,31,32). The van der Waals surface area contributed by atoms with E-state index in [1.54, 1.807) is 24.3 Å². The largest absolute Gasteiger partial charge is 0.524 e. The molecule has 0 bridgehead atoms. The lowest BCUT2D eigenvalue weighted by Crippen LogP contribution is -2.40. The van der Waals surface area contributed by atoms with Crippen LogP contribution < -0.4 is 15.5 Å². The van der Waals surface area contributed by atoms with E-state index in [2.05, 4.69) is 15.3 Å². The van der Waals surface area contributed by atoms with Crippen LogP contribution in [-0.4, -0.2) is 52.9 Å². The predicted octanol–water partition coefficient (Wildman–Crippen LogP) is 2.19. The van der Waals surface area contributed by atoms with E-state index in [1.165, 1.54) is 24.3 Å². The number of amides is 2. The lowest BCUT2D eigenvalue weighted by atomic mass is 10.1.